The Hall–Kier alpha value is -1.51. The van der Waals surface area contributed by atoms with E-state index in [9.17, 15) is 4.79 Å². The number of rotatable bonds is 6. The lowest BCUT2D eigenvalue weighted by Gasteiger charge is -2.19. The Kier molecular flexibility index (Phi) is 5.87. The summed E-state index contributed by atoms with van der Waals surface area (Å²) in [5.74, 6) is 1.48. The van der Waals surface area contributed by atoms with Gasteiger partial charge in [-0.25, -0.2) is 0 Å². The van der Waals surface area contributed by atoms with Gasteiger partial charge in [0.15, 0.2) is 0 Å². The molecule has 0 heterocycles. The predicted octanol–water partition coefficient (Wildman–Crippen LogP) is 3.88. The minimum atomic E-state index is -0.242. The molecule has 0 amide bonds. The number of ether oxygens (including phenoxy) is 2. The van der Waals surface area contributed by atoms with E-state index < -0.39 is 0 Å². The summed E-state index contributed by atoms with van der Waals surface area (Å²) in [5.41, 5.74) is 2.38. The Bertz CT molecular complexity index is 396. The van der Waals surface area contributed by atoms with Gasteiger partial charge in [-0.1, -0.05) is 45.9 Å². The van der Waals surface area contributed by atoms with Crippen LogP contribution in [-0.2, 0) is 9.53 Å². The molecule has 0 N–H and O–H groups in total. The molecule has 0 atom stereocenters. The standard InChI is InChI=1S/C16H24O3/c1-11(2)13-7-6-8-14(12(3)4)16(13)19-10-9-15(17)18-5/h6-8,11-12H,9-10H2,1-5H3. The van der Waals surface area contributed by atoms with Gasteiger partial charge in [0, 0.05) is 0 Å². The molecule has 0 aromatic heterocycles. The number of hydrogen-bond donors (Lipinski definition) is 0. The van der Waals surface area contributed by atoms with Gasteiger partial charge in [0.1, 0.15) is 5.75 Å². The van der Waals surface area contributed by atoms with Crippen molar-refractivity contribution in [1.29, 1.82) is 0 Å². The van der Waals surface area contributed by atoms with Gasteiger partial charge in [0.2, 0.25) is 0 Å². The third-order valence-electron chi connectivity index (χ3n) is 3.10. The third-order valence-corrected chi connectivity index (χ3v) is 3.10. The maximum absolute atomic E-state index is 11.1. The van der Waals surface area contributed by atoms with Crippen molar-refractivity contribution in [2.24, 2.45) is 0 Å². The Balaban J connectivity index is 2.91. The van der Waals surface area contributed by atoms with Gasteiger partial charge in [-0.05, 0) is 23.0 Å². The number of para-hydroxylation sites is 1. The molecule has 1 aromatic rings. The average molecular weight is 264 g/mol. The van der Waals surface area contributed by atoms with E-state index in [1.165, 1.54) is 18.2 Å². The summed E-state index contributed by atoms with van der Waals surface area (Å²) in [5, 5.41) is 0. The molecule has 0 radical (unpaired) electrons. The number of methoxy groups -OCH3 is 1. The first-order valence-electron chi connectivity index (χ1n) is 6.79. The van der Waals surface area contributed by atoms with E-state index in [1.54, 1.807) is 0 Å². The second-order valence-electron chi connectivity index (χ2n) is 5.25. The van der Waals surface area contributed by atoms with Crippen LogP contribution in [0.5, 0.6) is 5.75 Å². The summed E-state index contributed by atoms with van der Waals surface area (Å²) >= 11 is 0. The van der Waals surface area contributed by atoms with Gasteiger partial charge >= 0.3 is 5.97 Å². The number of carbonyl (C=O) groups is 1. The smallest absolute Gasteiger partial charge is 0.308 e. The van der Waals surface area contributed by atoms with Gasteiger partial charge in [0.25, 0.3) is 0 Å². The van der Waals surface area contributed by atoms with Crippen LogP contribution in [0.2, 0.25) is 0 Å². The summed E-state index contributed by atoms with van der Waals surface area (Å²) in [6, 6.07) is 6.24. The first kappa shape index (κ1) is 15.5. The molecule has 0 unspecified atom stereocenters. The van der Waals surface area contributed by atoms with E-state index in [-0.39, 0.29) is 12.4 Å². The zero-order valence-corrected chi connectivity index (χ0v) is 12.5. The molecule has 3 heteroatoms. The molecule has 0 saturated heterocycles. The first-order chi connectivity index (χ1) is 8.97. The Morgan fingerprint density at radius 1 is 1.11 bits per heavy atom. The van der Waals surface area contributed by atoms with Gasteiger partial charge in [-0.2, -0.15) is 0 Å². The maximum Gasteiger partial charge on any atom is 0.308 e. The topological polar surface area (TPSA) is 35.5 Å². The number of benzene rings is 1. The van der Waals surface area contributed by atoms with Crippen LogP contribution >= 0.6 is 0 Å². The van der Waals surface area contributed by atoms with Crippen LogP contribution < -0.4 is 4.74 Å². The summed E-state index contributed by atoms with van der Waals surface area (Å²) < 4.78 is 10.5. The van der Waals surface area contributed by atoms with Crippen molar-refractivity contribution < 1.29 is 14.3 Å². The third kappa shape index (κ3) is 4.27. The minimum Gasteiger partial charge on any atom is -0.492 e. The molecule has 1 rings (SSSR count). The molecule has 0 bridgehead atoms. The van der Waals surface area contributed by atoms with Crippen LogP contribution in [0.25, 0.3) is 0 Å². The molecule has 0 fully saturated rings. The summed E-state index contributed by atoms with van der Waals surface area (Å²) in [4.78, 5) is 11.1. The molecule has 19 heavy (non-hydrogen) atoms. The lowest BCUT2D eigenvalue weighted by atomic mass is 9.94. The van der Waals surface area contributed by atoms with Gasteiger partial charge in [-0.3, -0.25) is 4.79 Å². The van der Waals surface area contributed by atoms with E-state index in [2.05, 4.69) is 50.6 Å². The highest BCUT2D eigenvalue weighted by Crippen LogP contribution is 2.34. The lowest BCUT2D eigenvalue weighted by Crippen LogP contribution is -2.10. The van der Waals surface area contributed by atoms with E-state index >= 15 is 0 Å². The number of esters is 1. The lowest BCUT2D eigenvalue weighted by molar-refractivity contribution is -0.141. The van der Waals surface area contributed by atoms with Crippen molar-refractivity contribution in [3.63, 3.8) is 0 Å². The second kappa shape index (κ2) is 7.17. The zero-order chi connectivity index (χ0) is 14.4. The van der Waals surface area contributed by atoms with Gasteiger partial charge in [0.05, 0.1) is 20.1 Å². The van der Waals surface area contributed by atoms with Crippen LogP contribution in [0.4, 0.5) is 0 Å². The predicted molar refractivity (Wildman–Crippen MR) is 76.7 cm³/mol. The van der Waals surface area contributed by atoms with Crippen molar-refractivity contribution in [2.75, 3.05) is 13.7 Å². The Labute approximate surface area is 115 Å². The van der Waals surface area contributed by atoms with E-state index in [0.29, 0.717) is 18.4 Å². The fourth-order valence-corrected chi connectivity index (χ4v) is 1.99. The van der Waals surface area contributed by atoms with E-state index in [0.717, 1.165) is 5.75 Å². The van der Waals surface area contributed by atoms with Crippen LogP contribution in [0.1, 0.15) is 57.1 Å². The molecule has 0 aliphatic rings. The van der Waals surface area contributed by atoms with Crippen molar-refractivity contribution in [2.45, 2.75) is 46.0 Å². The highest BCUT2D eigenvalue weighted by molar-refractivity contribution is 5.69. The Morgan fingerprint density at radius 3 is 2.05 bits per heavy atom. The van der Waals surface area contributed by atoms with Gasteiger partial charge in [-0.15, -0.1) is 0 Å². The quantitative estimate of drug-likeness (QED) is 0.731. The summed E-state index contributed by atoms with van der Waals surface area (Å²) in [6.45, 7) is 8.94. The summed E-state index contributed by atoms with van der Waals surface area (Å²) in [6.07, 6.45) is 0.278. The van der Waals surface area contributed by atoms with Gasteiger partial charge < -0.3 is 9.47 Å². The molecule has 0 saturated carbocycles. The Morgan fingerprint density at radius 2 is 1.63 bits per heavy atom. The van der Waals surface area contributed by atoms with Crippen molar-refractivity contribution in [3.05, 3.63) is 29.3 Å². The molecule has 0 aliphatic carbocycles. The fourth-order valence-electron chi connectivity index (χ4n) is 1.99. The molecule has 0 spiro atoms. The number of hydrogen-bond acceptors (Lipinski definition) is 3. The zero-order valence-electron chi connectivity index (χ0n) is 12.5. The van der Waals surface area contributed by atoms with Crippen LogP contribution in [0.15, 0.2) is 18.2 Å². The van der Waals surface area contributed by atoms with Crippen LogP contribution in [-0.4, -0.2) is 19.7 Å². The highest BCUT2D eigenvalue weighted by atomic mass is 16.5. The highest BCUT2D eigenvalue weighted by Gasteiger charge is 2.15. The summed E-state index contributed by atoms with van der Waals surface area (Å²) in [7, 11) is 1.39. The fraction of sp³-hybridized carbons (Fsp3) is 0.562. The van der Waals surface area contributed by atoms with Crippen molar-refractivity contribution in [1.82, 2.24) is 0 Å². The van der Waals surface area contributed by atoms with Crippen LogP contribution in [0, 0.1) is 0 Å². The van der Waals surface area contributed by atoms with Crippen molar-refractivity contribution >= 4 is 5.97 Å². The molecule has 0 aliphatic heterocycles. The maximum atomic E-state index is 11.1. The molecule has 1 aromatic carbocycles. The first-order valence-corrected chi connectivity index (χ1v) is 6.79. The molecule has 106 valence electrons. The van der Waals surface area contributed by atoms with E-state index in [4.69, 9.17) is 4.74 Å². The second-order valence-corrected chi connectivity index (χ2v) is 5.25. The molecular weight excluding hydrogens is 240 g/mol. The average Bonchev–Trinajstić information content (AvgIpc) is 2.37. The van der Waals surface area contributed by atoms with Crippen LogP contribution in [0.3, 0.4) is 0 Å². The molecular formula is C16H24O3. The minimum absolute atomic E-state index is 0.242. The SMILES string of the molecule is COC(=O)CCOc1c(C(C)C)cccc1C(C)C. The van der Waals surface area contributed by atoms with E-state index in [1.807, 2.05) is 0 Å². The monoisotopic (exact) mass is 264 g/mol. The normalized spacial score (nSPS) is 10.9. The largest absolute Gasteiger partial charge is 0.492 e. The van der Waals surface area contributed by atoms with Crippen molar-refractivity contribution in [3.8, 4) is 5.75 Å². The number of carbonyl (C=O) groups excluding carboxylic acids is 1. The molecule has 3 nitrogen and oxygen atoms in total.